The van der Waals surface area contributed by atoms with Gasteiger partial charge in [0.05, 0.1) is 38.9 Å². The van der Waals surface area contributed by atoms with E-state index in [1.54, 1.807) is 38.5 Å². The standard InChI is InChI=1S/C35H47NO6Si/c1-24-30(39-5)22-27(23-31(24)40-6)32(42-43(8,9)35(2,3)4)29(17-13-16-25-14-11-10-12-15-25)33(37)36-28-20-18-26(19-21-28)34(38)41-7/h10-12,14-15,18-23,29,32H,13,16-17H2,1-9H3,(H,36,37)/t29-,32?/m1/s1. The SMILES string of the molecule is COC(=O)c1ccc(NC(=O)[C@H](CCCc2ccccc2)C(O[Si](C)(C)C(C)(C)C)c2cc(OC)c(C)c(OC)c2)cc1. The molecule has 3 rings (SSSR count). The molecule has 1 unspecified atom stereocenters. The van der Waals surface area contributed by atoms with E-state index < -0.39 is 26.3 Å². The average molecular weight is 606 g/mol. The van der Waals surface area contributed by atoms with Crippen molar-refractivity contribution in [2.24, 2.45) is 5.92 Å². The zero-order valence-corrected chi connectivity index (χ0v) is 28.1. The van der Waals surface area contributed by atoms with Crippen LogP contribution in [0.1, 0.15) is 66.8 Å². The van der Waals surface area contributed by atoms with Crippen molar-refractivity contribution in [3.05, 3.63) is 89.0 Å². The second kappa shape index (κ2) is 14.7. The number of rotatable bonds is 13. The first-order valence-corrected chi connectivity index (χ1v) is 17.7. The highest BCUT2D eigenvalue weighted by molar-refractivity contribution is 6.74. The Hall–Kier alpha value is -3.62. The molecular weight excluding hydrogens is 558 g/mol. The number of carbonyl (C=O) groups is 2. The minimum atomic E-state index is -2.36. The normalized spacial score (nSPS) is 13.1. The average Bonchev–Trinajstić information content (AvgIpc) is 2.98. The molecule has 3 aromatic carbocycles. The number of aryl methyl sites for hydroxylation is 1. The summed E-state index contributed by atoms with van der Waals surface area (Å²) in [6, 6.07) is 20.9. The van der Waals surface area contributed by atoms with Gasteiger partial charge in [0.2, 0.25) is 5.91 Å². The largest absolute Gasteiger partial charge is 0.496 e. The van der Waals surface area contributed by atoms with Crippen molar-refractivity contribution in [1.29, 1.82) is 0 Å². The molecule has 1 amide bonds. The second-order valence-electron chi connectivity index (χ2n) is 12.4. The topological polar surface area (TPSA) is 83.1 Å². The Morgan fingerprint density at radius 1 is 0.884 bits per heavy atom. The minimum Gasteiger partial charge on any atom is -0.496 e. The van der Waals surface area contributed by atoms with Gasteiger partial charge in [-0.25, -0.2) is 4.79 Å². The Morgan fingerprint density at radius 3 is 1.98 bits per heavy atom. The molecule has 0 aliphatic carbocycles. The van der Waals surface area contributed by atoms with Gasteiger partial charge in [-0.15, -0.1) is 0 Å². The first kappa shape index (κ1) is 33.9. The lowest BCUT2D eigenvalue weighted by Crippen LogP contribution is -2.44. The lowest BCUT2D eigenvalue weighted by atomic mass is 9.88. The highest BCUT2D eigenvalue weighted by Gasteiger charge is 2.43. The fraction of sp³-hybridized carbons (Fsp3) is 0.429. The summed E-state index contributed by atoms with van der Waals surface area (Å²) >= 11 is 0. The fourth-order valence-corrected chi connectivity index (χ4v) is 6.07. The first-order valence-electron chi connectivity index (χ1n) is 14.7. The quantitative estimate of drug-likeness (QED) is 0.156. The monoisotopic (exact) mass is 605 g/mol. The van der Waals surface area contributed by atoms with Crippen LogP contribution >= 0.6 is 0 Å². The summed E-state index contributed by atoms with van der Waals surface area (Å²) in [5, 5.41) is 3.02. The summed E-state index contributed by atoms with van der Waals surface area (Å²) < 4.78 is 23.4. The smallest absolute Gasteiger partial charge is 0.337 e. The van der Waals surface area contributed by atoms with Crippen molar-refractivity contribution in [3.8, 4) is 11.5 Å². The molecule has 1 N–H and O–H groups in total. The van der Waals surface area contributed by atoms with Crippen LogP contribution in [0.2, 0.25) is 18.1 Å². The molecule has 2 atom stereocenters. The van der Waals surface area contributed by atoms with Crippen LogP contribution in [-0.2, 0) is 20.4 Å². The molecule has 0 aliphatic heterocycles. The van der Waals surface area contributed by atoms with E-state index in [2.05, 4.69) is 51.3 Å². The van der Waals surface area contributed by atoms with Crippen LogP contribution in [0.25, 0.3) is 0 Å². The van der Waals surface area contributed by atoms with Gasteiger partial charge in [0, 0.05) is 11.3 Å². The highest BCUT2D eigenvalue weighted by atomic mass is 28.4. The summed E-state index contributed by atoms with van der Waals surface area (Å²) in [5.74, 6) is 0.262. The number of hydrogen-bond donors (Lipinski definition) is 1. The molecule has 8 heteroatoms. The Labute approximate surface area is 258 Å². The molecule has 43 heavy (non-hydrogen) atoms. The Kier molecular flexibility index (Phi) is 11.6. The zero-order valence-electron chi connectivity index (χ0n) is 27.1. The lowest BCUT2D eigenvalue weighted by Gasteiger charge is -2.41. The fourth-order valence-electron chi connectivity index (χ4n) is 4.78. The summed E-state index contributed by atoms with van der Waals surface area (Å²) in [7, 11) is 2.25. The maximum absolute atomic E-state index is 14.2. The number of anilines is 1. The summed E-state index contributed by atoms with van der Waals surface area (Å²) in [6.45, 7) is 12.9. The van der Waals surface area contributed by atoms with Gasteiger partial charge in [-0.2, -0.15) is 0 Å². The van der Waals surface area contributed by atoms with Crippen molar-refractivity contribution in [1.82, 2.24) is 0 Å². The molecule has 7 nitrogen and oxygen atoms in total. The Bertz CT molecular complexity index is 1340. The van der Waals surface area contributed by atoms with Gasteiger partial charge in [-0.05, 0) is 91.8 Å². The second-order valence-corrected chi connectivity index (χ2v) is 17.1. The lowest BCUT2D eigenvalue weighted by molar-refractivity contribution is -0.123. The minimum absolute atomic E-state index is 0.0844. The molecule has 0 aliphatic rings. The van der Waals surface area contributed by atoms with Crippen LogP contribution in [-0.4, -0.2) is 41.5 Å². The molecule has 0 heterocycles. The van der Waals surface area contributed by atoms with Crippen LogP contribution in [0.15, 0.2) is 66.7 Å². The predicted molar refractivity (Wildman–Crippen MR) is 175 cm³/mol. The van der Waals surface area contributed by atoms with E-state index in [4.69, 9.17) is 18.6 Å². The van der Waals surface area contributed by atoms with Gasteiger partial charge in [-0.1, -0.05) is 51.1 Å². The zero-order chi connectivity index (χ0) is 31.8. The third kappa shape index (κ3) is 8.71. The number of esters is 1. The van der Waals surface area contributed by atoms with Crippen molar-refractivity contribution < 1.29 is 28.2 Å². The number of nitrogens with one attached hydrogen (secondary N) is 1. The number of ether oxygens (including phenoxy) is 3. The van der Waals surface area contributed by atoms with Crippen LogP contribution in [0.5, 0.6) is 11.5 Å². The molecule has 232 valence electrons. The molecule has 3 aromatic rings. The van der Waals surface area contributed by atoms with Crippen molar-refractivity contribution in [3.63, 3.8) is 0 Å². The third-order valence-electron chi connectivity index (χ3n) is 8.43. The van der Waals surface area contributed by atoms with E-state index in [1.165, 1.54) is 12.7 Å². The predicted octanol–water partition coefficient (Wildman–Crippen LogP) is 8.14. The number of benzene rings is 3. The molecular formula is C35H47NO6Si. The van der Waals surface area contributed by atoms with Crippen LogP contribution in [0, 0.1) is 12.8 Å². The van der Waals surface area contributed by atoms with Gasteiger partial charge < -0.3 is 24.0 Å². The van der Waals surface area contributed by atoms with Crippen LogP contribution < -0.4 is 14.8 Å². The molecule has 0 aromatic heterocycles. The van der Waals surface area contributed by atoms with Gasteiger partial charge >= 0.3 is 5.97 Å². The van der Waals surface area contributed by atoms with Crippen LogP contribution in [0.4, 0.5) is 5.69 Å². The first-order chi connectivity index (χ1) is 20.3. The van der Waals surface area contributed by atoms with E-state index in [9.17, 15) is 9.59 Å². The van der Waals surface area contributed by atoms with E-state index in [-0.39, 0.29) is 10.9 Å². The number of carbonyl (C=O) groups excluding carboxylic acids is 2. The highest BCUT2D eigenvalue weighted by Crippen LogP contribution is 2.44. The Balaban J connectivity index is 2.07. The van der Waals surface area contributed by atoms with Gasteiger partial charge in [0.1, 0.15) is 11.5 Å². The van der Waals surface area contributed by atoms with E-state index in [0.717, 1.165) is 24.0 Å². The Morgan fingerprint density at radius 2 is 1.47 bits per heavy atom. The van der Waals surface area contributed by atoms with Gasteiger partial charge in [0.25, 0.3) is 0 Å². The number of hydrogen-bond acceptors (Lipinski definition) is 6. The summed E-state index contributed by atoms with van der Waals surface area (Å²) in [5.41, 5.74) is 3.95. The molecule has 0 saturated heterocycles. The van der Waals surface area contributed by atoms with Crippen LogP contribution in [0.3, 0.4) is 0 Å². The van der Waals surface area contributed by atoms with Gasteiger partial charge in [0.15, 0.2) is 8.32 Å². The molecule has 0 bridgehead atoms. The van der Waals surface area contributed by atoms with E-state index in [1.807, 2.05) is 37.3 Å². The van der Waals surface area contributed by atoms with Gasteiger partial charge in [-0.3, -0.25) is 4.79 Å². The third-order valence-corrected chi connectivity index (χ3v) is 12.9. The maximum atomic E-state index is 14.2. The molecule has 0 saturated carbocycles. The van der Waals surface area contributed by atoms with Crippen molar-refractivity contribution >= 4 is 25.9 Å². The maximum Gasteiger partial charge on any atom is 0.337 e. The molecule has 0 spiro atoms. The van der Waals surface area contributed by atoms with Crippen molar-refractivity contribution in [2.75, 3.05) is 26.6 Å². The van der Waals surface area contributed by atoms with E-state index in [0.29, 0.717) is 29.2 Å². The molecule has 0 radical (unpaired) electrons. The summed E-state index contributed by atoms with van der Waals surface area (Å²) in [4.78, 5) is 26.2. The number of amides is 1. The number of methoxy groups -OCH3 is 3. The van der Waals surface area contributed by atoms with Crippen molar-refractivity contribution in [2.45, 2.75) is 71.2 Å². The van der Waals surface area contributed by atoms with E-state index >= 15 is 0 Å². The molecule has 0 fully saturated rings. The summed E-state index contributed by atoms with van der Waals surface area (Å²) in [6.07, 6.45) is 1.68.